The smallest absolute Gasteiger partial charge is 0.317 e. The first kappa shape index (κ1) is 12.6. The zero-order valence-corrected chi connectivity index (χ0v) is 10.4. The Morgan fingerprint density at radius 3 is 2.82 bits per heavy atom. The second kappa shape index (κ2) is 5.23. The van der Waals surface area contributed by atoms with Crippen LogP contribution in [0.3, 0.4) is 0 Å². The maximum atomic E-state index is 12.0. The fraction of sp³-hybridized carbons (Fsp3) is 0.917. The number of hydrogen-bond acceptors (Lipinski definition) is 3. The molecule has 5 heteroatoms. The Bertz CT molecular complexity index is 273. The molecule has 17 heavy (non-hydrogen) atoms. The highest BCUT2D eigenvalue weighted by atomic mass is 16.5. The minimum atomic E-state index is -0.135. The maximum absolute atomic E-state index is 12.0. The van der Waals surface area contributed by atoms with Crippen LogP contribution in [-0.2, 0) is 4.74 Å². The third-order valence-electron chi connectivity index (χ3n) is 4.11. The van der Waals surface area contributed by atoms with Crippen molar-refractivity contribution in [2.24, 2.45) is 0 Å². The molecule has 0 radical (unpaired) electrons. The molecule has 2 N–H and O–H groups in total. The van der Waals surface area contributed by atoms with Crippen LogP contribution in [-0.4, -0.2) is 54.5 Å². The Hall–Kier alpha value is -0.810. The lowest BCUT2D eigenvalue weighted by molar-refractivity contribution is -0.0679. The summed E-state index contributed by atoms with van der Waals surface area (Å²) in [6.45, 7) is 1.39. The molecule has 1 aliphatic heterocycles. The van der Waals surface area contributed by atoms with Gasteiger partial charge < -0.3 is 20.1 Å². The molecule has 2 fully saturated rings. The zero-order chi connectivity index (χ0) is 12.3. The Kier molecular flexibility index (Phi) is 3.89. The minimum Gasteiger partial charge on any atom is -0.394 e. The first-order valence-electron chi connectivity index (χ1n) is 6.41. The second-order valence-electron chi connectivity index (χ2n) is 5.07. The molecule has 5 nitrogen and oxygen atoms in total. The van der Waals surface area contributed by atoms with E-state index < -0.39 is 0 Å². The monoisotopic (exact) mass is 242 g/mol. The van der Waals surface area contributed by atoms with Gasteiger partial charge in [0.05, 0.1) is 18.2 Å². The molecular weight excluding hydrogens is 220 g/mol. The van der Waals surface area contributed by atoms with Crippen LogP contribution in [0.5, 0.6) is 0 Å². The summed E-state index contributed by atoms with van der Waals surface area (Å²) in [5.74, 6) is 0. The van der Waals surface area contributed by atoms with Gasteiger partial charge in [0.1, 0.15) is 0 Å². The molecule has 98 valence electrons. The van der Waals surface area contributed by atoms with Crippen molar-refractivity contribution in [2.75, 3.05) is 26.8 Å². The molecule has 0 aromatic carbocycles. The Morgan fingerprint density at radius 2 is 2.29 bits per heavy atom. The molecule has 2 aliphatic rings. The summed E-state index contributed by atoms with van der Waals surface area (Å²) >= 11 is 0. The molecule has 0 aromatic rings. The normalized spacial score (nSPS) is 26.7. The average Bonchev–Trinajstić information content (AvgIpc) is 2.76. The fourth-order valence-corrected chi connectivity index (χ4v) is 2.66. The number of likely N-dealkylation sites (tertiary alicyclic amines) is 1. The van der Waals surface area contributed by atoms with Crippen molar-refractivity contribution in [1.82, 2.24) is 10.2 Å². The number of urea groups is 1. The summed E-state index contributed by atoms with van der Waals surface area (Å²) in [7, 11) is 1.71. The van der Waals surface area contributed by atoms with Gasteiger partial charge in [0, 0.05) is 20.2 Å². The van der Waals surface area contributed by atoms with Crippen LogP contribution in [0.2, 0.25) is 0 Å². The van der Waals surface area contributed by atoms with E-state index in [4.69, 9.17) is 4.74 Å². The molecule has 1 saturated carbocycles. The van der Waals surface area contributed by atoms with Crippen molar-refractivity contribution in [3.8, 4) is 0 Å². The summed E-state index contributed by atoms with van der Waals surface area (Å²) in [5.41, 5.74) is -0.135. The molecular formula is C12H22N2O3. The van der Waals surface area contributed by atoms with Gasteiger partial charge in [-0.15, -0.1) is 0 Å². The zero-order valence-electron chi connectivity index (χ0n) is 10.4. The van der Waals surface area contributed by atoms with E-state index in [1.165, 1.54) is 6.42 Å². The summed E-state index contributed by atoms with van der Waals surface area (Å²) in [5, 5.41) is 12.1. The number of aliphatic hydroxyl groups excluding tert-OH is 1. The maximum Gasteiger partial charge on any atom is 0.317 e. The largest absolute Gasteiger partial charge is 0.394 e. The minimum absolute atomic E-state index is 0.00474. The lowest BCUT2D eigenvalue weighted by atomic mass is 9.80. The standard InChI is InChI=1S/C12H22N2O3/c1-17-12(5-3-6-12)9-13-11(16)14-7-2-4-10(14)8-15/h10,15H,2-9H2,1H3,(H,13,16)/t10-/m0/s1. The van der Waals surface area contributed by atoms with Crippen LogP contribution >= 0.6 is 0 Å². The van der Waals surface area contributed by atoms with Crippen molar-refractivity contribution in [3.05, 3.63) is 0 Å². The number of nitrogens with one attached hydrogen (secondary N) is 1. The lowest BCUT2D eigenvalue weighted by Crippen LogP contribution is -2.53. The number of methoxy groups -OCH3 is 1. The lowest BCUT2D eigenvalue weighted by Gasteiger charge is -2.41. The predicted molar refractivity (Wildman–Crippen MR) is 63.8 cm³/mol. The third-order valence-corrected chi connectivity index (χ3v) is 4.11. The number of rotatable bonds is 4. The summed E-state index contributed by atoms with van der Waals surface area (Å²) < 4.78 is 5.46. The van der Waals surface area contributed by atoms with E-state index in [1.54, 1.807) is 12.0 Å². The van der Waals surface area contributed by atoms with Crippen molar-refractivity contribution in [2.45, 2.75) is 43.7 Å². The number of amides is 2. The van der Waals surface area contributed by atoms with Crippen LogP contribution in [0.1, 0.15) is 32.1 Å². The van der Waals surface area contributed by atoms with Crippen LogP contribution in [0.4, 0.5) is 4.79 Å². The molecule has 1 atom stereocenters. The molecule has 0 unspecified atom stereocenters. The molecule has 0 spiro atoms. The molecule has 2 rings (SSSR count). The Balaban J connectivity index is 1.80. The number of carbonyl (C=O) groups is 1. The van der Waals surface area contributed by atoms with Crippen LogP contribution in [0, 0.1) is 0 Å². The van der Waals surface area contributed by atoms with E-state index >= 15 is 0 Å². The van der Waals surface area contributed by atoms with Gasteiger partial charge in [0.2, 0.25) is 0 Å². The van der Waals surface area contributed by atoms with Crippen molar-refractivity contribution >= 4 is 6.03 Å². The second-order valence-corrected chi connectivity index (χ2v) is 5.07. The van der Waals surface area contributed by atoms with Gasteiger partial charge >= 0.3 is 6.03 Å². The van der Waals surface area contributed by atoms with E-state index in [9.17, 15) is 9.90 Å². The van der Waals surface area contributed by atoms with E-state index in [1.807, 2.05) is 0 Å². The molecule has 0 aromatic heterocycles. The van der Waals surface area contributed by atoms with Gasteiger partial charge in [-0.05, 0) is 32.1 Å². The van der Waals surface area contributed by atoms with Gasteiger partial charge in [-0.25, -0.2) is 4.79 Å². The molecule has 0 bridgehead atoms. The average molecular weight is 242 g/mol. The van der Waals surface area contributed by atoms with Crippen LogP contribution in [0.15, 0.2) is 0 Å². The van der Waals surface area contributed by atoms with Gasteiger partial charge in [-0.1, -0.05) is 0 Å². The van der Waals surface area contributed by atoms with E-state index in [0.717, 1.165) is 32.2 Å². The third kappa shape index (κ3) is 2.55. The molecule has 1 saturated heterocycles. The van der Waals surface area contributed by atoms with Crippen molar-refractivity contribution in [1.29, 1.82) is 0 Å². The van der Waals surface area contributed by atoms with Gasteiger partial charge in [0.15, 0.2) is 0 Å². The topological polar surface area (TPSA) is 61.8 Å². The highest BCUT2D eigenvalue weighted by molar-refractivity contribution is 5.75. The number of ether oxygens (including phenoxy) is 1. The highest BCUT2D eigenvalue weighted by Crippen LogP contribution is 2.34. The molecule has 1 heterocycles. The number of hydrogen-bond donors (Lipinski definition) is 2. The Morgan fingerprint density at radius 1 is 1.53 bits per heavy atom. The van der Waals surface area contributed by atoms with Gasteiger partial charge in [0.25, 0.3) is 0 Å². The number of aliphatic hydroxyl groups is 1. The summed E-state index contributed by atoms with van der Waals surface area (Å²) in [4.78, 5) is 13.7. The van der Waals surface area contributed by atoms with Crippen molar-refractivity contribution < 1.29 is 14.6 Å². The summed E-state index contributed by atoms with van der Waals surface area (Å²) in [6, 6.07) is -0.0697. The first-order chi connectivity index (χ1) is 8.21. The quantitative estimate of drug-likeness (QED) is 0.763. The van der Waals surface area contributed by atoms with Crippen LogP contribution in [0.25, 0.3) is 0 Å². The highest BCUT2D eigenvalue weighted by Gasteiger charge is 2.38. The SMILES string of the molecule is COC1(CNC(=O)N2CCC[C@H]2CO)CCC1. The van der Waals surface area contributed by atoms with E-state index in [0.29, 0.717) is 6.54 Å². The molecule has 1 aliphatic carbocycles. The number of nitrogens with zero attached hydrogens (tertiary/aromatic N) is 1. The Labute approximate surface area is 102 Å². The van der Waals surface area contributed by atoms with Gasteiger partial charge in [-0.2, -0.15) is 0 Å². The van der Waals surface area contributed by atoms with E-state index in [-0.39, 0.29) is 24.3 Å². The first-order valence-corrected chi connectivity index (χ1v) is 6.41. The van der Waals surface area contributed by atoms with Gasteiger partial charge in [-0.3, -0.25) is 0 Å². The van der Waals surface area contributed by atoms with Crippen molar-refractivity contribution in [3.63, 3.8) is 0 Å². The predicted octanol–water partition coefficient (Wildman–Crippen LogP) is 0.722. The fourth-order valence-electron chi connectivity index (χ4n) is 2.66. The van der Waals surface area contributed by atoms with E-state index in [2.05, 4.69) is 5.32 Å². The van der Waals surface area contributed by atoms with Crippen LogP contribution < -0.4 is 5.32 Å². The summed E-state index contributed by atoms with van der Waals surface area (Å²) in [6.07, 6.45) is 5.10. The molecule has 2 amide bonds. The number of carbonyl (C=O) groups excluding carboxylic acids is 1.